The molecular formula is C13H19N3O3. The van der Waals surface area contributed by atoms with Crippen LogP contribution in [-0.4, -0.2) is 28.5 Å². The van der Waals surface area contributed by atoms with Gasteiger partial charge in [-0.15, -0.1) is 0 Å². The number of carboxylic acid groups (broad SMARTS) is 1. The second-order valence-electron chi connectivity index (χ2n) is 4.29. The maximum atomic E-state index is 11.6. The minimum atomic E-state index is -0.761. The molecule has 0 saturated heterocycles. The molecule has 104 valence electrons. The van der Waals surface area contributed by atoms with E-state index in [0.717, 1.165) is 19.3 Å². The highest BCUT2D eigenvalue weighted by molar-refractivity contribution is 5.92. The summed E-state index contributed by atoms with van der Waals surface area (Å²) in [5.41, 5.74) is 6.35. The third kappa shape index (κ3) is 6.40. The monoisotopic (exact) mass is 265 g/mol. The zero-order valence-electron chi connectivity index (χ0n) is 10.8. The van der Waals surface area contributed by atoms with E-state index >= 15 is 0 Å². The summed E-state index contributed by atoms with van der Waals surface area (Å²) < 4.78 is 0. The molecule has 0 unspecified atom stereocenters. The fraction of sp³-hybridized carbons (Fsp3) is 0.462. The third-order valence-corrected chi connectivity index (χ3v) is 2.62. The summed E-state index contributed by atoms with van der Waals surface area (Å²) in [6.07, 6.45) is 4.94. The lowest BCUT2D eigenvalue weighted by atomic mass is 10.1. The summed E-state index contributed by atoms with van der Waals surface area (Å²) in [4.78, 5) is 25.9. The number of nitrogens with zero attached hydrogens (tertiary/aromatic N) is 1. The predicted octanol–water partition coefficient (Wildman–Crippen LogP) is 1.43. The van der Waals surface area contributed by atoms with Crippen molar-refractivity contribution >= 4 is 17.6 Å². The number of nitrogens with one attached hydrogen (secondary N) is 1. The zero-order valence-corrected chi connectivity index (χ0v) is 10.8. The molecule has 0 fully saturated rings. The Labute approximate surface area is 112 Å². The molecule has 1 aromatic rings. The van der Waals surface area contributed by atoms with Crippen LogP contribution in [0.2, 0.25) is 0 Å². The number of aromatic nitrogens is 1. The molecule has 0 aliphatic carbocycles. The number of anilines is 1. The fourth-order valence-electron chi connectivity index (χ4n) is 1.59. The number of rotatable bonds is 8. The van der Waals surface area contributed by atoms with Gasteiger partial charge >= 0.3 is 5.97 Å². The number of hydrogen-bond donors (Lipinski definition) is 3. The largest absolute Gasteiger partial charge is 0.481 e. The van der Waals surface area contributed by atoms with Gasteiger partial charge in [-0.05, 0) is 25.0 Å². The smallest absolute Gasteiger partial charge is 0.303 e. The van der Waals surface area contributed by atoms with Crippen molar-refractivity contribution < 1.29 is 14.7 Å². The maximum Gasteiger partial charge on any atom is 0.303 e. The van der Waals surface area contributed by atoms with Crippen molar-refractivity contribution in [2.75, 3.05) is 12.3 Å². The minimum absolute atomic E-state index is 0.210. The molecule has 0 atom stereocenters. The molecule has 0 aliphatic heterocycles. The maximum absolute atomic E-state index is 11.6. The molecule has 0 spiro atoms. The molecule has 4 N–H and O–H groups in total. The van der Waals surface area contributed by atoms with Gasteiger partial charge in [0.05, 0.1) is 11.9 Å². The van der Waals surface area contributed by atoms with Crippen molar-refractivity contribution in [2.24, 2.45) is 0 Å². The number of pyridine rings is 1. The molecule has 1 heterocycles. The van der Waals surface area contributed by atoms with E-state index in [9.17, 15) is 9.59 Å². The standard InChI is InChI=1S/C13H19N3O3/c14-10-6-7-11(16-9-10)13(19)15-8-4-2-1-3-5-12(17)18/h6-7,9H,1-5,8,14H2,(H,15,19)(H,17,18). The van der Waals surface area contributed by atoms with Gasteiger partial charge in [0, 0.05) is 13.0 Å². The van der Waals surface area contributed by atoms with E-state index < -0.39 is 5.97 Å². The summed E-state index contributed by atoms with van der Waals surface area (Å²) >= 11 is 0. The molecular weight excluding hydrogens is 246 g/mol. The first-order valence-corrected chi connectivity index (χ1v) is 6.31. The van der Waals surface area contributed by atoms with Gasteiger partial charge in [-0.3, -0.25) is 9.59 Å². The zero-order chi connectivity index (χ0) is 14.1. The number of carbonyl (C=O) groups excluding carboxylic acids is 1. The number of carboxylic acids is 1. The summed E-state index contributed by atoms with van der Waals surface area (Å²) in [5, 5.41) is 11.2. The number of nitrogens with two attached hydrogens (primary N) is 1. The highest BCUT2D eigenvalue weighted by atomic mass is 16.4. The van der Waals surface area contributed by atoms with E-state index in [0.29, 0.717) is 24.3 Å². The summed E-state index contributed by atoms with van der Waals surface area (Å²) in [7, 11) is 0. The lowest BCUT2D eigenvalue weighted by molar-refractivity contribution is -0.137. The van der Waals surface area contributed by atoms with Crippen LogP contribution in [-0.2, 0) is 4.79 Å². The first kappa shape index (κ1) is 14.9. The van der Waals surface area contributed by atoms with Crippen LogP contribution in [0.4, 0.5) is 5.69 Å². The lowest BCUT2D eigenvalue weighted by Crippen LogP contribution is -2.25. The average molecular weight is 265 g/mol. The first-order valence-electron chi connectivity index (χ1n) is 6.31. The van der Waals surface area contributed by atoms with Crippen molar-refractivity contribution in [3.8, 4) is 0 Å². The number of carbonyl (C=O) groups is 2. The second-order valence-corrected chi connectivity index (χ2v) is 4.29. The molecule has 6 heteroatoms. The topological polar surface area (TPSA) is 105 Å². The van der Waals surface area contributed by atoms with E-state index in [-0.39, 0.29) is 12.3 Å². The van der Waals surface area contributed by atoms with Crippen LogP contribution >= 0.6 is 0 Å². The van der Waals surface area contributed by atoms with Crippen molar-refractivity contribution in [3.05, 3.63) is 24.0 Å². The first-order chi connectivity index (χ1) is 9.09. The van der Waals surface area contributed by atoms with Gasteiger partial charge in [0.25, 0.3) is 5.91 Å². The SMILES string of the molecule is Nc1ccc(C(=O)NCCCCCCC(=O)O)nc1. The van der Waals surface area contributed by atoms with Crippen LogP contribution in [0.25, 0.3) is 0 Å². The van der Waals surface area contributed by atoms with Gasteiger partial charge in [0.1, 0.15) is 5.69 Å². The third-order valence-electron chi connectivity index (χ3n) is 2.62. The molecule has 0 aromatic carbocycles. The Morgan fingerprint density at radius 3 is 2.58 bits per heavy atom. The molecule has 0 saturated carbocycles. The molecule has 1 rings (SSSR count). The molecule has 0 aliphatic rings. The highest BCUT2D eigenvalue weighted by Gasteiger charge is 2.05. The van der Waals surface area contributed by atoms with Crippen LogP contribution in [0, 0.1) is 0 Å². The van der Waals surface area contributed by atoms with E-state index in [2.05, 4.69) is 10.3 Å². The minimum Gasteiger partial charge on any atom is -0.481 e. The Kier molecular flexibility index (Phi) is 6.35. The predicted molar refractivity (Wildman–Crippen MR) is 71.7 cm³/mol. The van der Waals surface area contributed by atoms with Gasteiger partial charge in [-0.2, -0.15) is 0 Å². The van der Waals surface area contributed by atoms with Gasteiger partial charge in [0.2, 0.25) is 0 Å². The van der Waals surface area contributed by atoms with Crippen LogP contribution in [0.1, 0.15) is 42.6 Å². The molecule has 1 amide bonds. The van der Waals surface area contributed by atoms with Gasteiger partial charge in [0.15, 0.2) is 0 Å². The Bertz CT molecular complexity index is 418. The molecule has 6 nitrogen and oxygen atoms in total. The van der Waals surface area contributed by atoms with Crippen LogP contribution in [0.3, 0.4) is 0 Å². The van der Waals surface area contributed by atoms with Crippen LogP contribution in [0.15, 0.2) is 18.3 Å². The van der Waals surface area contributed by atoms with Crippen molar-refractivity contribution in [2.45, 2.75) is 32.1 Å². The van der Waals surface area contributed by atoms with Crippen LogP contribution in [0.5, 0.6) is 0 Å². The van der Waals surface area contributed by atoms with E-state index in [1.165, 1.54) is 6.20 Å². The van der Waals surface area contributed by atoms with E-state index in [1.807, 2.05) is 0 Å². The van der Waals surface area contributed by atoms with Crippen molar-refractivity contribution in [1.29, 1.82) is 0 Å². The van der Waals surface area contributed by atoms with Gasteiger partial charge in [-0.1, -0.05) is 12.8 Å². The number of hydrogen-bond acceptors (Lipinski definition) is 4. The second kappa shape index (κ2) is 8.07. The summed E-state index contributed by atoms with van der Waals surface area (Å²) in [5.74, 6) is -0.978. The highest BCUT2D eigenvalue weighted by Crippen LogP contribution is 2.03. The number of amides is 1. The number of nitrogen functional groups attached to an aromatic ring is 1. The van der Waals surface area contributed by atoms with Gasteiger partial charge < -0.3 is 16.2 Å². The lowest BCUT2D eigenvalue weighted by Gasteiger charge is -2.04. The quantitative estimate of drug-likeness (QED) is 0.616. The summed E-state index contributed by atoms with van der Waals surface area (Å²) in [6, 6.07) is 3.21. The molecule has 19 heavy (non-hydrogen) atoms. The molecule has 0 radical (unpaired) electrons. The average Bonchev–Trinajstić information content (AvgIpc) is 2.38. The fourth-order valence-corrected chi connectivity index (χ4v) is 1.59. The van der Waals surface area contributed by atoms with Crippen molar-refractivity contribution in [1.82, 2.24) is 10.3 Å². The number of unbranched alkanes of at least 4 members (excludes halogenated alkanes) is 3. The van der Waals surface area contributed by atoms with Crippen molar-refractivity contribution in [3.63, 3.8) is 0 Å². The Morgan fingerprint density at radius 2 is 1.95 bits per heavy atom. The normalized spacial score (nSPS) is 10.1. The molecule has 1 aromatic heterocycles. The Hall–Kier alpha value is -2.11. The van der Waals surface area contributed by atoms with E-state index in [4.69, 9.17) is 10.8 Å². The summed E-state index contributed by atoms with van der Waals surface area (Å²) in [6.45, 7) is 0.567. The number of aliphatic carboxylic acids is 1. The van der Waals surface area contributed by atoms with Gasteiger partial charge in [-0.25, -0.2) is 4.98 Å². The van der Waals surface area contributed by atoms with Crippen LogP contribution < -0.4 is 11.1 Å². The molecule has 0 bridgehead atoms. The Balaban J connectivity index is 2.11. The van der Waals surface area contributed by atoms with E-state index in [1.54, 1.807) is 12.1 Å². The Morgan fingerprint density at radius 1 is 1.21 bits per heavy atom.